The van der Waals surface area contributed by atoms with Crippen molar-refractivity contribution in [1.29, 1.82) is 0 Å². The lowest BCUT2D eigenvalue weighted by Gasteiger charge is -2.19. The highest BCUT2D eigenvalue weighted by Gasteiger charge is 2.23. The first-order chi connectivity index (χ1) is 6.80. The summed E-state index contributed by atoms with van der Waals surface area (Å²) in [5.74, 6) is 0.585. The average Bonchev–Trinajstić information content (AvgIpc) is 2.77. The van der Waals surface area contributed by atoms with Crippen LogP contribution in [0.15, 0.2) is 0 Å². The van der Waals surface area contributed by atoms with Crippen molar-refractivity contribution in [1.82, 2.24) is 0 Å². The summed E-state index contributed by atoms with van der Waals surface area (Å²) in [6, 6.07) is 0. The highest BCUT2D eigenvalue weighted by molar-refractivity contribution is 7.34. The summed E-state index contributed by atoms with van der Waals surface area (Å²) in [4.78, 5) is 0. The molecule has 0 aromatic carbocycles. The molecule has 0 radical (unpaired) electrons. The molecular formula is C10H19BCl2O. The van der Waals surface area contributed by atoms with E-state index in [0.717, 1.165) is 13.2 Å². The van der Waals surface area contributed by atoms with Gasteiger partial charge in [-0.05, 0) is 18.7 Å². The molecule has 1 nitrogen and oxygen atoms in total. The molecule has 1 saturated carbocycles. The number of ether oxygens (including phenoxy) is 1. The van der Waals surface area contributed by atoms with Crippen molar-refractivity contribution in [3.8, 4) is 0 Å². The van der Waals surface area contributed by atoms with Gasteiger partial charge in [-0.25, -0.2) is 0 Å². The topological polar surface area (TPSA) is 9.23 Å². The first kappa shape index (κ1) is 12.7. The van der Waals surface area contributed by atoms with E-state index < -0.39 is 0 Å². The van der Waals surface area contributed by atoms with E-state index >= 15 is 0 Å². The molecule has 2 aliphatic rings. The molecule has 0 atom stereocenters. The Hall–Kier alpha value is 0.605. The SMILES string of the molecule is C1CCOC1.ClB(Cl)C1CCCCC1. The van der Waals surface area contributed by atoms with E-state index in [1.54, 1.807) is 0 Å². The summed E-state index contributed by atoms with van der Waals surface area (Å²) >= 11 is 11.4. The zero-order valence-corrected chi connectivity index (χ0v) is 10.2. The van der Waals surface area contributed by atoms with Crippen molar-refractivity contribution in [2.45, 2.75) is 50.8 Å². The minimum atomic E-state index is -0.120. The van der Waals surface area contributed by atoms with Gasteiger partial charge in [0.25, 0.3) is 0 Å². The fourth-order valence-electron chi connectivity index (χ4n) is 1.90. The fraction of sp³-hybridized carbons (Fsp3) is 1.00. The zero-order valence-electron chi connectivity index (χ0n) is 8.68. The zero-order chi connectivity index (χ0) is 10.2. The molecule has 2 rings (SSSR count). The second-order valence-corrected chi connectivity index (χ2v) is 5.22. The molecule has 0 bridgehead atoms. The monoisotopic (exact) mass is 236 g/mol. The van der Waals surface area contributed by atoms with E-state index in [-0.39, 0.29) is 5.54 Å². The van der Waals surface area contributed by atoms with Crippen molar-refractivity contribution < 1.29 is 4.74 Å². The van der Waals surface area contributed by atoms with Crippen molar-refractivity contribution in [2.75, 3.05) is 13.2 Å². The van der Waals surface area contributed by atoms with Crippen molar-refractivity contribution in [3.63, 3.8) is 0 Å². The minimum absolute atomic E-state index is 0.120. The summed E-state index contributed by atoms with van der Waals surface area (Å²) in [6.07, 6.45) is 9.04. The largest absolute Gasteiger partial charge is 0.381 e. The van der Waals surface area contributed by atoms with E-state index in [9.17, 15) is 0 Å². The molecule has 82 valence electrons. The predicted octanol–water partition coefficient (Wildman–Crippen LogP) is 4.08. The van der Waals surface area contributed by atoms with Crippen molar-refractivity contribution in [3.05, 3.63) is 0 Å². The van der Waals surface area contributed by atoms with Crippen molar-refractivity contribution >= 4 is 28.5 Å². The van der Waals surface area contributed by atoms with Crippen LogP contribution in [0, 0.1) is 0 Å². The van der Waals surface area contributed by atoms with Gasteiger partial charge in [-0.3, -0.25) is 0 Å². The Kier molecular flexibility index (Phi) is 7.10. The van der Waals surface area contributed by atoms with Crippen LogP contribution in [0.4, 0.5) is 0 Å². The minimum Gasteiger partial charge on any atom is -0.381 e. The van der Waals surface area contributed by atoms with Gasteiger partial charge in [0.2, 0.25) is 0 Å². The van der Waals surface area contributed by atoms with Gasteiger partial charge in [0.05, 0.1) is 0 Å². The molecule has 14 heavy (non-hydrogen) atoms. The Morgan fingerprint density at radius 1 is 0.857 bits per heavy atom. The van der Waals surface area contributed by atoms with E-state index in [0.29, 0.717) is 5.82 Å². The standard InChI is InChI=1S/C6H11BCl2.C4H8O/c8-7(9)6-4-2-1-3-5-6;1-2-4-5-3-1/h6H,1-5H2;1-4H2. The van der Waals surface area contributed by atoms with Gasteiger partial charge in [0.15, 0.2) is 0 Å². The van der Waals surface area contributed by atoms with Crippen LogP contribution in [-0.4, -0.2) is 18.8 Å². The molecule has 0 spiro atoms. The van der Waals surface area contributed by atoms with Crippen LogP contribution >= 0.6 is 22.9 Å². The Bertz CT molecular complexity index is 126. The summed E-state index contributed by atoms with van der Waals surface area (Å²) in [5, 5.41) is 0. The fourth-order valence-corrected chi connectivity index (χ4v) is 2.40. The molecule has 0 aromatic heterocycles. The molecule has 4 heteroatoms. The Labute approximate surface area is 97.4 Å². The van der Waals surface area contributed by atoms with Gasteiger partial charge >= 0.3 is 5.54 Å². The molecule has 0 amide bonds. The number of hydrogen-bond acceptors (Lipinski definition) is 1. The second kappa shape index (κ2) is 7.84. The van der Waals surface area contributed by atoms with E-state index in [4.69, 9.17) is 27.7 Å². The Morgan fingerprint density at radius 2 is 1.43 bits per heavy atom. The molecule has 0 unspecified atom stereocenters. The van der Waals surface area contributed by atoms with Crippen LogP contribution in [-0.2, 0) is 4.74 Å². The van der Waals surface area contributed by atoms with Crippen LogP contribution in [0.5, 0.6) is 0 Å². The highest BCUT2D eigenvalue weighted by Crippen LogP contribution is 2.33. The van der Waals surface area contributed by atoms with Gasteiger partial charge < -0.3 is 4.74 Å². The normalized spacial score (nSPS) is 22.7. The third kappa shape index (κ3) is 5.48. The van der Waals surface area contributed by atoms with Crippen LogP contribution in [0.1, 0.15) is 44.9 Å². The maximum atomic E-state index is 5.72. The lowest BCUT2D eigenvalue weighted by molar-refractivity contribution is 0.198. The molecule has 0 aromatic rings. The maximum absolute atomic E-state index is 5.72. The van der Waals surface area contributed by atoms with Crippen molar-refractivity contribution in [2.24, 2.45) is 0 Å². The predicted molar refractivity (Wildman–Crippen MR) is 64.3 cm³/mol. The average molecular weight is 237 g/mol. The van der Waals surface area contributed by atoms with Gasteiger partial charge in [-0.1, -0.05) is 32.1 Å². The first-order valence-electron chi connectivity index (χ1n) is 5.66. The Morgan fingerprint density at radius 3 is 1.71 bits per heavy atom. The quantitative estimate of drug-likeness (QED) is 0.624. The third-order valence-electron chi connectivity index (χ3n) is 2.83. The lowest BCUT2D eigenvalue weighted by atomic mass is 9.73. The molecule has 2 fully saturated rings. The molecule has 1 aliphatic carbocycles. The highest BCUT2D eigenvalue weighted by atomic mass is 35.5. The maximum Gasteiger partial charge on any atom is 0.354 e. The summed E-state index contributed by atoms with van der Waals surface area (Å²) in [5.41, 5.74) is -0.120. The van der Waals surface area contributed by atoms with E-state index in [1.165, 1.54) is 44.9 Å². The smallest absolute Gasteiger partial charge is 0.354 e. The van der Waals surface area contributed by atoms with Crippen LogP contribution in [0.2, 0.25) is 5.82 Å². The third-order valence-corrected chi connectivity index (χ3v) is 3.55. The van der Waals surface area contributed by atoms with Gasteiger partial charge in [-0.2, -0.15) is 22.9 Å². The van der Waals surface area contributed by atoms with Crippen LogP contribution in [0.3, 0.4) is 0 Å². The molecule has 1 aliphatic heterocycles. The van der Waals surface area contributed by atoms with E-state index in [1.807, 2.05) is 0 Å². The van der Waals surface area contributed by atoms with Gasteiger partial charge in [0.1, 0.15) is 0 Å². The molecular weight excluding hydrogens is 218 g/mol. The first-order valence-corrected chi connectivity index (χ1v) is 6.54. The Balaban J connectivity index is 0.000000165. The number of hydrogen-bond donors (Lipinski definition) is 0. The van der Waals surface area contributed by atoms with Crippen LogP contribution < -0.4 is 0 Å². The number of rotatable bonds is 1. The molecule has 1 heterocycles. The molecule has 1 saturated heterocycles. The number of halogens is 2. The second-order valence-electron chi connectivity index (χ2n) is 4.05. The van der Waals surface area contributed by atoms with Crippen LogP contribution in [0.25, 0.3) is 0 Å². The lowest BCUT2D eigenvalue weighted by Crippen LogP contribution is -2.10. The van der Waals surface area contributed by atoms with Gasteiger partial charge in [0, 0.05) is 13.2 Å². The summed E-state index contributed by atoms with van der Waals surface area (Å²) in [7, 11) is 0. The summed E-state index contributed by atoms with van der Waals surface area (Å²) in [6.45, 7) is 2.00. The summed E-state index contributed by atoms with van der Waals surface area (Å²) < 4.78 is 4.94. The van der Waals surface area contributed by atoms with Gasteiger partial charge in [-0.15, -0.1) is 0 Å². The molecule has 0 N–H and O–H groups in total. The van der Waals surface area contributed by atoms with E-state index in [2.05, 4.69) is 0 Å².